The Labute approximate surface area is 92.6 Å². The number of nitrogens with zero attached hydrogens (tertiary/aromatic N) is 1. The van der Waals surface area contributed by atoms with E-state index < -0.39 is 0 Å². The Balaban J connectivity index is 2.39. The van der Waals surface area contributed by atoms with E-state index in [9.17, 15) is 0 Å². The van der Waals surface area contributed by atoms with Crippen molar-refractivity contribution in [1.82, 2.24) is 0 Å². The third kappa shape index (κ3) is 1.69. The lowest BCUT2D eigenvalue weighted by atomic mass is 10.2. The molecular formula is C11H13BrN2. The smallest absolute Gasteiger partial charge is 0.100 e. The van der Waals surface area contributed by atoms with Crippen LogP contribution in [-0.4, -0.2) is 12.4 Å². The van der Waals surface area contributed by atoms with Crippen LogP contribution in [0.5, 0.6) is 0 Å². The Hall–Kier alpha value is -0.830. The van der Waals surface area contributed by atoms with E-state index in [-0.39, 0.29) is 0 Å². The van der Waals surface area contributed by atoms with Gasteiger partial charge in [-0.05, 0) is 31.0 Å². The van der Waals surface area contributed by atoms with E-state index >= 15 is 0 Å². The van der Waals surface area contributed by atoms with Crippen molar-refractivity contribution >= 4 is 27.5 Å². The molecule has 3 heteroatoms. The highest BCUT2D eigenvalue weighted by atomic mass is 79.9. The summed E-state index contributed by atoms with van der Waals surface area (Å²) in [6.07, 6.45) is 2.01. The molecule has 0 bridgehead atoms. The molecule has 74 valence electrons. The minimum absolute atomic E-state index is 0.742. The van der Waals surface area contributed by atoms with Gasteiger partial charge in [0.15, 0.2) is 0 Å². The van der Waals surface area contributed by atoms with Gasteiger partial charge in [0.25, 0.3) is 0 Å². The third-order valence-corrected chi connectivity index (χ3v) is 3.08. The summed E-state index contributed by atoms with van der Waals surface area (Å²) < 4.78 is 1.08. The number of nitrogens with one attached hydrogen (secondary N) is 1. The monoisotopic (exact) mass is 252 g/mol. The molecular weight excluding hydrogens is 240 g/mol. The van der Waals surface area contributed by atoms with Gasteiger partial charge in [0, 0.05) is 23.1 Å². The average molecular weight is 253 g/mol. The summed E-state index contributed by atoms with van der Waals surface area (Å²) in [7, 11) is 0. The van der Waals surface area contributed by atoms with E-state index in [4.69, 9.17) is 5.41 Å². The van der Waals surface area contributed by atoms with Crippen molar-refractivity contribution < 1.29 is 0 Å². The molecule has 0 aromatic heterocycles. The van der Waals surface area contributed by atoms with Crippen LogP contribution in [-0.2, 0) is 0 Å². The van der Waals surface area contributed by atoms with Crippen molar-refractivity contribution in [3.8, 4) is 0 Å². The highest BCUT2D eigenvalue weighted by molar-refractivity contribution is 9.10. The van der Waals surface area contributed by atoms with E-state index in [1.807, 2.05) is 6.07 Å². The molecule has 0 aliphatic carbocycles. The van der Waals surface area contributed by atoms with Crippen LogP contribution in [0.4, 0.5) is 5.69 Å². The molecule has 14 heavy (non-hydrogen) atoms. The topological polar surface area (TPSA) is 27.1 Å². The zero-order valence-electron chi connectivity index (χ0n) is 8.18. The standard InChI is InChI=1S/C11H13BrN2/c1-8-4-5-9(12)7-10(8)14-6-2-3-11(14)13/h4-5,7,13H,2-3,6H2,1H3. The van der Waals surface area contributed by atoms with E-state index in [1.165, 1.54) is 11.3 Å². The first kappa shape index (κ1) is 9.71. The van der Waals surface area contributed by atoms with Crippen molar-refractivity contribution in [2.45, 2.75) is 19.8 Å². The molecule has 1 fully saturated rings. The first-order valence-electron chi connectivity index (χ1n) is 4.79. The van der Waals surface area contributed by atoms with Crippen LogP contribution in [0.15, 0.2) is 22.7 Å². The zero-order valence-corrected chi connectivity index (χ0v) is 9.76. The van der Waals surface area contributed by atoms with Crippen LogP contribution < -0.4 is 4.90 Å². The Morgan fingerprint density at radius 1 is 1.43 bits per heavy atom. The molecule has 1 aromatic carbocycles. The van der Waals surface area contributed by atoms with Gasteiger partial charge in [-0.2, -0.15) is 0 Å². The SMILES string of the molecule is Cc1ccc(Br)cc1N1CCCC1=N. The predicted octanol–water partition coefficient (Wildman–Crippen LogP) is 3.33. The fourth-order valence-electron chi connectivity index (χ4n) is 1.81. The third-order valence-electron chi connectivity index (χ3n) is 2.58. The van der Waals surface area contributed by atoms with Crippen LogP contribution in [0.1, 0.15) is 18.4 Å². The van der Waals surface area contributed by atoms with Crippen LogP contribution in [0.2, 0.25) is 0 Å². The van der Waals surface area contributed by atoms with E-state index in [0.717, 1.165) is 29.7 Å². The maximum Gasteiger partial charge on any atom is 0.100 e. The summed E-state index contributed by atoms with van der Waals surface area (Å²) >= 11 is 3.47. The van der Waals surface area contributed by atoms with Crippen molar-refractivity contribution in [2.24, 2.45) is 0 Å². The van der Waals surface area contributed by atoms with Crippen LogP contribution in [0, 0.1) is 12.3 Å². The lowest BCUT2D eigenvalue weighted by Gasteiger charge is -2.20. The zero-order chi connectivity index (χ0) is 10.1. The van der Waals surface area contributed by atoms with Gasteiger partial charge in [-0.25, -0.2) is 0 Å². The average Bonchev–Trinajstić information content (AvgIpc) is 2.56. The first-order valence-corrected chi connectivity index (χ1v) is 5.59. The second kappa shape index (κ2) is 3.73. The Morgan fingerprint density at radius 2 is 2.21 bits per heavy atom. The predicted molar refractivity (Wildman–Crippen MR) is 63.2 cm³/mol. The molecule has 2 rings (SSSR count). The molecule has 0 radical (unpaired) electrons. The van der Waals surface area contributed by atoms with E-state index in [1.54, 1.807) is 0 Å². The number of hydrogen-bond donors (Lipinski definition) is 1. The Bertz CT molecular complexity index is 374. The van der Waals surface area contributed by atoms with Crippen LogP contribution >= 0.6 is 15.9 Å². The quantitative estimate of drug-likeness (QED) is 0.816. The first-order chi connectivity index (χ1) is 6.68. The van der Waals surface area contributed by atoms with Crippen molar-refractivity contribution in [2.75, 3.05) is 11.4 Å². The number of halogens is 1. The second-order valence-electron chi connectivity index (χ2n) is 3.63. The molecule has 0 spiro atoms. The van der Waals surface area contributed by atoms with E-state index in [0.29, 0.717) is 0 Å². The maximum atomic E-state index is 7.82. The van der Waals surface area contributed by atoms with Crippen LogP contribution in [0.25, 0.3) is 0 Å². The minimum Gasteiger partial charge on any atom is -0.330 e. The molecule has 1 aromatic rings. The molecule has 1 aliphatic heterocycles. The van der Waals surface area contributed by atoms with Gasteiger partial charge in [0.05, 0.1) is 0 Å². The normalized spacial score (nSPS) is 16.4. The van der Waals surface area contributed by atoms with Crippen molar-refractivity contribution in [3.05, 3.63) is 28.2 Å². The summed E-state index contributed by atoms with van der Waals surface area (Å²) in [6, 6.07) is 6.22. The van der Waals surface area contributed by atoms with Crippen molar-refractivity contribution in [3.63, 3.8) is 0 Å². The number of anilines is 1. The fourth-order valence-corrected chi connectivity index (χ4v) is 2.16. The molecule has 1 N–H and O–H groups in total. The summed E-state index contributed by atoms with van der Waals surface area (Å²) in [5, 5.41) is 7.82. The lowest BCUT2D eigenvalue weighted by molar-refractivity contribution is 0.954. The summed E-state index contributed by atoms with van der Waals surface area (Å²) in [4.78, 5) is 2.10. The summed E-state index contributed by atoms with van der Waals surface area (Å²) in [6.45, 7) is 3.07. The largest absolute Gasteiger partial charge is 0.330 e. The molecule has 2 nitrogen and oxygen atoms in total. The van der Waals surface area contributed by atoms with Gasteiger partial charge in [-0.15, -0.1) is 0 Å². The van der Waals surface area contributed by atoms with Gasteiger partial charge < -0.3 is 4.90 Å². The molecule has 0 atom stereocenters. The highest BCUT2D eigenvalue weighted by Crippen LogP contribution is 2.28. The lowest BCUT2D eigenvalue weighted by Crippen LogP contribution is -2.23. The van der Waals surface area contributed by atoms with Crippen molar-refractivity contribution in [1.29, 1.82) is 5.41 Å². The molecule has 0 unspecified atom stereocenters. The number of amidine groups is 1. The van der Waals surface area contributed by atoms with Gasteiger partial charge in [0.2, 0.25) is 0 Å². The summed E-state index contributed by atoms with van der Waals surface area (Å²) in [5.74, 6) is 0.742. The second-order valence-corrected chi connectivity index (χ2v) is 4.55. The highest BCUT2D eigenvalue weighted by Gasteiger charge is 2.19. The van der Waals surface area contributed by atoms with Gasteiger partial charge in [0.1, 0.15) is 5.84 Å². The molecule has 1 aliphatic rings. The number of rotatable bonds is 1. The van der Waals surface area contributed by atoms with Crippen LogP contribution in [0.3, 0.4) is 0 Å². The van der Waals surface area contributed by atoms with Gasteiger partial charge in [-0.1, -0.05) is 22.0 Å². The fraction of sp³-hybridized carbons (Fsp3) is 0.364. The molecule has 0 saturated carbocycles. The van der Waals surface area contributed by atoms with E-state index in [2.05, 4.69) is 39.9 Å². The minimum atomic E-state index is 0.742. The molecule has 0 amide bonds. The number of benzene rings is 1. The van der Waals surface area contributed by atoms with Gasteiger partial charge >= 0.3 is 0 Å². The maximum absolute atomic E-state index is 7.82. The Kier molecular flexibility index (Phi) is 2.59. The molecule has 1 heterocycles. The number of hydrogen-bond acceptors (Lipinski definition) is 1. The summed E-state index contributed by atoms with van der Waals surface area (Å²) in [5.41, 5.74) is 2.40. The number of aryl methyl sites for hydroxylation is 1. The Morgan fingerprint density at radius 3 is 2.86 bits per heavy atom. The molecule has 1 saturated heterocycles. The van der Waals surface area contributed by atoms with Gasteiger partial charge in [-0.3, -0.25) is 5.41 Å².